The number of hydrogen-bond acceptors (Lipinski definition) is 6. The lowest BCUT2D eigenvalue weighted by Gasteiger charge is -2.13. The third-order valence-corrected chi connectivity index (χ3v) is 3.74. The zero-order chi connectivity index (χ0) is 22.2. The highest BCUT2D eigenvalue weighted by Gasteiger charge is 2.31. The molecule has 12 heteroatoms. The standard InChI is InChI=1S/C18H21F6N5O/c1-2-3-4-5-9-25-14-27-15(29-16(28-14)30-11-17(19,20)21)26-13-8-6-7-12(10-13)18(22,23)24/h6-8,10H,2-5,9,11H2,1H3,(H2,25,26,27,28,29). The molecule has 2 N–H and O–H groups in total. The van der Waals surface area contributed by atoms with E-state index in [1.54, 1.807) is 0 Å². The molecule has 2 rings (SSSR count). The molecule has 0 aliphatic rings. The van der Waals surface area contributed by atoms with Crippen LogP contribution in [0.15, 0.2) is 24.3 Å². The maximum atomic E-state index is 12.9. The third kappa shape index (κ3) is 8.29. The molecule has 0 aliphatic carbocycles. The summed E-state index contributed by atoms with van der Waals surface area (Å²) in [4.78, 5) is 11.5. The summed E-state index contributed by atoms with van der Waals surface area (Å²) in [6.07, 6.45) is -5.36. The van der Waals surface area contributed by atoms with Gasteiger partial charge in [0.1, 0.15) is 0 Å². The van der Waals surface area contributed by atoms with E-state index in [0.29, 0.717) is 6.54 Å². The predicted molar refractivity (Wildman–Crippen MR) is 98.7 cm³/mol. The SMILES string of the molecule is CCCCCCNc1nc(Nc2cccc(C(F)(F)F)c2)nc(OCC(F)(F)F)n1. The van der Waals surface area contributed by atoms with Crippen LogP contribution in [0.2, 0.25) is 0 Å². The number of anilines is 3. The lowest BCUT2D eigenvalue weighted by atomic mass is 10.2. The van der Waals surface area contributed by atoms with Crippen LogP contribution >= 0.6 is 0 Å². The Morgan fingerprint density at radius 3 is 2.33 bits per heavy atom. The van der Waals surface area contributed by atoms with E-state index in [2.05, 4.69) is 37.2 Å². The summed E-state index contributed by atoms with van der Waals surface area (Å²) in [5, 5.41) is 5.40. The Morgan fingerprint density at radius 2 is 1.67 bits per heavy atom. The molecular weight excluding hydrogens is 416 g/mol. The van der Waals surface area contributed by atoms with Crippen molar-refractivity contribution in [3.8, 4) is 6.01 Å². The summed E-state index contributed by atoms with van der Waals surface area (Å²) in [5.74, 6) is -0.300. The Labute approximate surface area is 169 Å². The van der Waals surface area contributed by atoms with Gasteiger partial charge in [-0.05, 0) is 24.6 Å². The Morgan fingerprint density at radius 1 is 0.933 bits per heavy atom. The molecule has 0 aliphatic heterocycles. The van der Waals surface area contributed by atoms with Gasteiger partial charge in [-0.15, -0.1) is 0 Å². The second-order valence-corrected chi connectivity index (χ2v) is 6.36. The first-order valence-corrected chi connectivity index (χ1v) is 9.20. The van der Waals surface area contributed by atoms with Crippen LogP contribution in [0, 0.1) is 0 Å². The molecule has 0 atom stereocenters. The number of alkyl halides is 6. The van der Waals surface area contributed by atoms with Gasteiger partial charge in [-0.1, -0.05) is 32.3 Å². The second kappa shape index (κ2) is 10.3. The molecule has 0 fully saturated rings. The molecule has 166 valence electrons. The molecule has 6 nitrogen and oxygen atoms in total. The van der Waals surface area contributed by atoms with Gasteiger partial charge in [0.05, 0.1) is 5.56 Å². The highest BCUT2D eigenvalue weighted by atomic mass is 19.4. The summed E-state index contributed by atoms with van der Waals surface area (Å²) >= 11 is 0. The van der Waals surface area contributed by atoms with Gasteiger partial charge < -0.3 is 15.4 Å². The van der Waals surface area contributed by atoms with E-state index in [4.69, 9.17) is 0 Å². The first-order chi connectivity index (χ1) is 14.1. The number of benzene rings is 1. The van der Waals surface area contributed by atoms with Crippen molar-refractivity contribution in [1.29, 1.82) is 0 Å². The van der Waals surface area contributed by atoms with Crippen LogP contribution in [0.4, 0.5) is 43.9 Å². The summed E-state index contributed by atoms with van der Waals surface area (Å²) < 4.78 is 80.5. The van der Waals surface area contributed by atoms with E-state index in [0.717, 1.165) is 37.8 Å². The van der Waals surface area contributed by atoms with Crippen molar-refractivity contribution in [3.05, 3.63) is 29.8 Å². The van der Waals surface area contributed by atoms with E-state index in [1.165, 1.54) is 12.1 Å². The lowest BCUT2D eigenvalue weighted by molar-refractivity contribution is -0.154. The van der Waals surface area contributed by atoms with E-state index >= 15 is 0 Å². The van der Waals surface area contributed by atoms with Gasteiger partial charge >= 0.3 is 18.4 Å². The number of nitrogens with zero attached hydrogens (tertiary/aromatic N) is 3. The third-order valence-electron chi connectivity index (χ3n) is 3.74. The van der Waals surface area contributed by atoms with Crippen LogP contribution < -0.4 is 15.4 Å². The molecule has 0 unspecified atom stereocenters. The molecule has 1 aromatic heterocycles. The minimum atomic E-state index is -4.60. The average Bonchev–Trinajstić information content (AvgIpc) is 2.65. The fraction of sp³-hybridized carbons (Fsp3) is 0.500. The zero-order valence-electron chi connectivity index (χ0n) is 16.1. The largest absolute Gasteiger partial charge is 0.454 e. The fourth-order valence-corrected chi connectivity index (χ4v) is 2.36. The Balaban J connectivity index is 2.18. The molecule has 0 amide bonds. The minimum Gasteiger partial charge on any atom is -0.454 e. The highest BCUT2D eigenvalue weighted by molar-refractivity contribution is 5.55. The zero-order valence-corrected chi connectivity index (χ0v) is 16.1. The average molecular weight is 437 g/mol. The molecule has 0 saturated carbocycles. The number of aromatic nitrogens is 3. The normalized spacial score (nSPS) is 12.0. The molecule has 1 aromatic carbocycles. The predicted octanol–water partition coefficient (Wildman–Crippen LogP) is 5.57. The van der Waals surface area contributed by atoms with Gasteiger partial charge in [0, 0.05) is 12.2 Å². The summed E-state index contributed by atoms with van der Waals surface area (Å²) in [5.41, 5.74) is -0.893. The van der Waals surface area contributed by atoms with Gasteiger partial charge in [0.15, 0.2) is 6.61 Å². The van der Waals surface area contributed by atoms with Crippen LogP contribution in [0.1, 0.15) is 38.2 Å². The number of nitrogens with one attached hydrogen (secondary N) is 2. The topological polar surface area (TPSA) is 72.0 Å². The maximum absolute atomic E-state index is 12.9. The minimum absolute atomic E-state index is 0.00620. The molecule has 0 radical (unpaired) electrons. The van der Waals surface area contributed by atoms with Gasteiger partial charge in [-0.3, -0.25) is 0 Å². The van der Waals surface area contributed by atoms with Crippen molar-refractivity contribution in [2.75, 3.05) is 23.8 Å². The number of halogens is 6. The van der Waals surface area contributed by atoms with Crippen molar-refractivity contribution >= 4 is 17.6 Å². The maximum Gasteiger partial charge on any atom is 0.422 e. The van der Waals surface area contributed by atoms with Crippen molar-refractivity contribution in [1.82, 2.24) is 15.0 Å². The molecule has 0 saturated heterocycles. The second-order valence-electron chi connectivity index (χ2n) is 6.36. The molecule has 2 aromatic rings. The van der Waals surface area contributed by atoms with Crippen LogP contribution in [0.25, 0.3) is 0 Å². The van der Waals surface area contributed by atoms with E-state index in [9.17, 15) is 26.3 Å². The van der Waals surface area contributed by atoms with Gasteiger partial charge in [0.2, 0.25) is 11.9 Å². The Kier molecular flexibility index (Phi) is 8.07. The molecule has 30 heavy (non-hydrogen) atoms. The molecule has 1 heterocycles. The van der Waals surface area contributed by atoms with Crippen molar-refractivity contribution in [2.24, 2.45) is 0 Å². The van der Waals surface area contributed by atoms with Crippen LogP contribution in [-0.2, 0) is 6.18 Å². The van der Waals surface area contributed by atoms with Crippen molar-refractivity contribution < 1.29 is 31.1 Å². The number of ether oxygens (including phenoxy) is 1. The van der Waals surface area contributed by atoms with Gasteiger partial charge in [-0.25, -0.2) is 0 Å². The van der Waals surface area contributed by atoms with Crippen molar-refractivity contribution in [3.63, 3.8) is 0 Å². The number of unbranched alkanes of at least 4 members (excludes halogenated alkanes) is 3. The van der Waals surface area contributed by atoms with E-state index < -0.39 is 30.5 Å². The Hall–Kier alpha value is -2.79. The fourth-order valence-electron chi connectivity index (χ4n) is 2.36. The van der Waals surface area contributed by atoms with E-state index in [-0.39, 0.29) is 17.6 Å². The summed E-state index contributed by atoms with van der Waals surface area (Å²) in [6, 6.07) is 3.64. The van der Waals surface area contributed by atoms with Crippen molar-refractivity contribution in [2.45, 2.75) is 45.0 Å². The van der Waals surface area contributed by atoms with Crippen LogP contribution in [0.5, 0.6) is 6.01 Å². The van der Waals surface area contributed by atoms with Crippen LogP contribution in [0.3, 0.4) is 0 Å². The summed E-state index contributed by atoms with van der Waals surface area (Å²) in [6.45, 7) is 0.900. The molecular formula is C18H21F6N5O. The van der Waals surface area contributed by atoms with Gasteiger partial charge in [-0.2, -0.15) is 41.3 Å². The van der Waals surface area contributed by atoms with Crippen LogP contribution in [-0.4, -0.2) is 34.3 Å². The first-order valence-electron chi connectivity index (χ1n) is 9.20. The molecule has 0 bridgehead atoms. The smallest absolute Gasteiger partial charge is 0.422 e. The first kappa shape index (κ1) is 23.5. The highest BCUT2D eigenvalue weighted by Crippen LogP contribution is 2.31. The summed E-state index contributed by atoms with van der Waals surface area (Å²) in [7, 11) is 0. The van der Waals surface area contributed by atoms with Gasteiger partial charge in [0.25, 0.3) is 0 Å². The quantitative estimate of drug-likeness (QED) is 0.374. The monoisotopic (exact) mass is 437 g/mol. The van der Waals surface area contributed by atoms with E-state index in [1.807, 2.05) is 0 Å². The number of hydrogen-bond donors (Lipinski definition) is 2. The molecule has 0 spiro atoms. The Bertz CT molecular complexity index is 812. The lowest BCUT2D eigenvalue weighted by Crippen LogP contribution is -2.21. The number of rotatable bonds is 10.